The molecule has 1 heterocycles. The third-order valence-corrected chi connectivity index (χ3v) is 6.17. The molecule has 1 unspecified atom stereocenters. The molecule has 0 N–H and O–H groups in total. The van der Waals surface area contributed by atoms with Gasteiger partial charge in [-0.15, -0.1) is 0 Å². The Hall–Kier alpha value is -2.95. The van der Waals surface area contributed by atoms with Gasteiger partial charge in [-0.1, -0.05) is 43.7 Å². The highest BCUT2D eigenvalue weighted by molar-refractivity contribution is 5.80. The highest BCUT2D eigenvalue weighted by Gasteiger charge is 2.32. The Bertz CT molecular complexity index is 1110. The summed E-state index contributed by atoms with van der Waals surface area (Å²) < 4.78 is 1.70. The van der Waals surface area contributed by atoms with Crippen LogP contribution in [0.1, 0.15) is 50.5 Å². The lowest BCUT2D eigenvalue weighted by Gasteiger charge is -2.33. The van der Waals surface area contributed by atoms with Gasteiger partial charge in [0.15, 0.2) is 0 Å². The Morgan fingerprint density at radius 1 is 1.17 bits per heavy atom. The molecule has 1 aliphatic carbocycles. The molecule has 1 saturated carbocycles. The van der Waals surface area contributed by atoms with Crippen molar-refractivity contribution in [3.05, 3.63) is 70.3 Å². The molecule has 2 aromatic carbocycles. The molecule has 4 rings (SSSR count). The van der Waals surface area contributed by atoms with Crippen LogP contribution >= 0.6 is 0 Å². The van der Waals surface area contributed by atoms with Crippen LogP contribution in [0.25, 0.3) is 16.6 Å². The summed E-state index contributed by atoms with van der Waals surface area (Å²) in [5.41, 5.74) is 2.48. The number of aromatic nitrogens is 2. The van der Waals surface area contributed by atoms with Crippen LogP contribution in [-0.4, -0.2) is 27.4 Å². The Balaban J connectivity index is 1.92. The first-order valence-corrected chi connectivity index (χ1v) is 10.4. The summed E-state index contributed by atoms with van der Waals surface area (Å²) in [5, 5.41) is 0.585. The first-order chi connectivity index (χ1) is 14.0. The van der Waals surface area contributed by atoms with Crippen LogP contribution in [0.15, 0.2) is 53.3 Å². The largest absolute Gasteiger partial charge is 0.336 e. The molecule has 1 atom stereocenters. The average molecular weight is 389 g/mol. The zero-order valence-electron chi connectivity index (χ0n) is 17.3. The molecule has 1 aromatic heterocycles. The molecule has 0 bridgehead atoms. The van der Waals surface area contributed by atoms with Gasteiger partial charge in [0.1, 0.15) is 5.82 Å². The topological polar surface area (TPSA) is 55.2 Å². The Morgan fingerprint density at radius 2 is 1.86 bits per heavy atom. The zero-order valence-corrected chi connectivity index (χ0v) is 17.3. The van der Waals surface area contributed by atoms with Crippen LogP contribution in [0.4, 0.5) is 0 Å². The smallest absolute Gasteiger partial charge is 0.266 e. The van der Waals surface area contributed by atoms with Crippen molar-refractivity contribution in [2.24, 2.45) is 5.92 Å². The van der Waals surface area contributed by atoms with Gasteiger partial charge < -0.3 is 4.90 Å². The number of nitrogens with zero attached hydrogens (tertiary/aromatic N) is 3. The summed E-state index contributed by atoms with van der Waals surface area (Å²) in [6.45, 7) is 4.03. The van der Waals surface area contributed by atoms with Crippen molar-refractivity contribution in [2.75, 3.05) is 7.05 Å². The van der Waals surface area contributed by atoms with Crippen molar-refractivity contribution in [3.63, 3.8) is 0 Å². The van der Waals surface area contributed by atoms with E-state index in [1.165, 1.54) is 0 Å². The normalized spacial score (nSPS) is 15.1. The third-order valence-electron chi connectivity index (χ3n) is 6.17. The predicted molar refractivity (Wildman–Crippen MR) is 115 cm³/mol. The fraction of sp³-hybridized carbons (Fsp3) is 0.375. The second kappa shape index (κ2) is 7.82. The van der Waals surface area contributed by atoms with E-state index in [-0.39, 0.29) is 23.4 Å². The van der Waals surface area contributed by atoms with Crippen molar-refractivity contribution in [1.82, 2.24) is 14.5 Å². The zero-order chi connectivity index (χ0) is 20.5. The fourth-order valence-electron chi connectivity index (χ4n) is 4.00. The van der Waals surface area contributed by atoms with E-state index >= 15 is 0 Å². The molecule has 5 nitrogen and oxygen atoms in total. The van der Waals surface area contributed by atoms with E-state index in [0.29, 0.717) is 16.7 Å². The minimum Gasteiger partial charge on any atom is -0.336 e. The summed E-state index contributed by atoms with van der Waals surface area (Å²) in [6, 6.07) is 15.0. The maximum atomic E-state index is 13.5. The Labute approximate surface area is 171 Å². The summed E-state index contributed by atoms with van der Waals surface area (Å²) in [4.78, 5) is 33.0. The predicted octanol–water partition coefficient (Wildman–Crippen LogP) is 4.27. The SMILES string of the molecule is CCc1ccccc1-n1c(C(C)N(C)C(=O)C2CCC2)nc2ccccc2c1=O. The van der Waals surface area contributed by atoms with Crippen molar-refractivity contribution < 1.29 is 4.79 Å². The first-order valence-electron chi connectivity index (χ1n) is 10.4. The van der Waals surface area contributed by atoms with Gasteiger partial charge in [0, 0.05) is 13.0 Å². The molecule has 5 heteroatoms. The lowest BCUT2D eigenvalue weighted by atomic mass is 9.84. The quantitative estimate of drug-likeness (QED) is 0.655. The molecule has 29 heavy (non-hydrogen) atoms. The number of carbonyl (C=O) groups is 1. The van der Waals surface area contributed by atoms with Gasteiger partial charge in [-0.25, -0.2) is 4.98 Å². The Morgan fingerprint density at radius 3 is 2.55 bits per heavy atom. The third kappa shape index (κ3) is 3.35. The highest BCUT2D eigenvalue weighted by Crippen LogP contribution is 2.31. The molecule has 0 saturated heterocycles. The molecule has 3 aromatic rings. The van der Waals surface area contributed by atoms with Gasteiger partial charge in [0.25, 0.3) is 5.56 Å². The molecule has 1 fully saturated rings. The summed E-state index contributed by atoms with van der Waals surface area (Å²) in [5.74, 6) is 0.845. The van der Waals surface area contributed by atoms with E-state index in [1.807, 2.05) is 62.5 Å². The van der Waals surface area contributed by atoms with Crippen molar-refractivity contribution in [1.29, 1.82) is 0 Å². The van der Waals surface area contributed by atoms with Gasteiger partial charge in [0.2, 0.25) is 5.91 Å². The maximum absolute atomic E-state index is 13.5. The van der Waals surface area contributed by atoms with Crippen LogP contribution in [0.2, 0.25) is 0 Å². The molecule has 1 aliphatic rings. The van der Waals surface area contributed by atoms with E-state index in [4.69, 9.17) is 4.98 Å². The highest BCUT2D eigenvalue weighted by atomic mass is 16.2. The second-order valence-corrected chi connectivity index (χ2v) is 7.86. The van der Waals surface area contributed by atoms with E-state index in [9.17, 15) is 9.59 Å². The van der Waals surface area contributed by atoms with Crippen molar-refractivity contribution >= 4 is 16.8 Å². The molecule has 0 spiro atoms. The number of benzene rings is 2. The van der Waals surface area contributed by atoms with Gasteiger partial charge in [-0.05, 0) is 49.9 Å². The average Bonchev–Trinajstić information content (AvgIpc) is 2.71. The van der Waals surface area contributed by atoms with Crippen molar-refractivity contribution in [3.8, 4) is 5.69 Å². The minimum atomic E-state index is -0.315. The lowest BCUT2D eigenvalue weighted by Crippen LogP contribution is -2.40. The summed E-state index contributed by atoms with van der Waals surface area (Å²) >= 11 is 0. The number of hydrogen-bond donors (Lipinski definition) is 0. The second-order valence-electron chi connectivity index (χ2n) is 7.86. The van der Waals surface area contributed by atoms with Gasteiger partial charge >= 0.3 is 0 Å². The monoisotopic (exact) mass is 389 g/mol. The molecule has 0 aliphatic heterocycles. The fourth-order valence-corrected chi connectivity index (χ4v) is 4.00. The van der Waals surface area contributed by atoms with Gasteiger partial charge in [-0.2, -0.15) is 0 Å². The summed E-state index contributed by atoms with van der Waals surface area (Å²) in [6.07, 6.45) is 3.82. The number of amides is 1. The van der Waals surface area contributed by atoms with Crippen LogP contribution in [0.5, 0.6) is 0 Å². The van der Waals surface area contributed by atoms with E-state index in [2.05, 4.69) is 6.92 Å². The molecule has 1 amide bonds. The van der Waals surface area contributed by atoms with Gasteiger partial charge in [0.05, 0.1) is 22.6 Å². The van der Waals surface area contributed by atoms with Gasteiger partial charge in [-0.3, -0.25) is 14.2 Å². The van der Waals surface area contributed by atoms with Crippen LogP contribution in [-0.2, 0) is 11.2 Å². The maximum Gasteiger partial charge on any atom is 0.266 e. The number of fused-ring (bicyclic) bond motifs is 1. The molecule has 0 radical (unpaired) electrons. The van der Waals surface area contributed by atoms with Crippen molar-refractivity contribution in [2.45, 2.75) is 45.6 Å². The van der Waals surface area contributed by atoms with Crippen LogP contribution < -0.4 is 5.56 Å². The molecular formula is C24H27N3O2. The lowest BCUT2D eigenvalue weighted by molar-refractivity contribution is -0.139. The minimum absolute atomic E-state index is 0.0946. The number of aryl methyl sites for hydroxylation is 1. The number of carbonyl (C=O) groups excluding carboxylic acids is 1. The number of rotatable bonds is 5. The first kappa shape index (κ1) is 19.4. The van der Waals surface area contributed by atoms with Crippen LogP contribution in [0.3, 0.4) is 0 Å². The van der Waals surface area contributed by atoms with Crippen LogP contribution in [0, 0.1) is 5.92 Å². The van der Waals surface area contributed by atoms with E-state index in [1.54, 1.807) is 9.47 Å². The Kier molecular flexibility index (Phi) is 5.22. The number of para-hydroxylation sites is 2. The molecule has 150 valence electrons. The van der Waals surface area contributed by atoms with E-state index < -0.39 is 0 Å². The molecular weight excluding hydrogens is 362 g/mol. The van der Waals surface area contributed by atoms with E-state index in [0.717, 1.165) is 36.9 Å². The standard InChI is InChI=1S/C24H27N3O2/c1-4-17-10-5-8-15-21(17)27-22(16(2)26(3)23(28)18-11-9-12-18)25-20-14-7-6-13-19(20)24(27)29/h5-8,10,13-16,18H,4,9,11-12H2,1-3H3. The summed E-state index contributed by atoms with van der Waals surface area (Å²) in [7, 11) is 1.82. The number of hydrogen-bond acceptors (Lipinski definition) is 3.